The molecule has 7 heteroatoms. The van der Waals surface area contributed by atoms with Crippen LogP contribution in [0.15, 0.2) is 59.1 Å². The van der Waals surface area contributed by atoms with Gasteiger partial charge in [-0.15, -0.1) is 5.10 Å². The lowest BCUT2D eigenvalue weighted by Crippen LogP contribution is -2.15. The molecule has 0 bridgehead atoms. The van der Waals surface area contributed by atoms with Crippen LogP contribution in [0.5, 0.6) is 0 Å². The molecule has 0 unspecified atom stereocenters. The molecule has 0 aliphatic carbocycles. The molecule has 3 rings (SSSR count). The second kappa shape index (κ2) is 6.62. The SMILES string of the molecule is Nc1c(C(=O)Nc2ccccc2)nnn1Cc1cccc(Br)c1. The smallest absolute Gasteiger partial charge is 0.280 e. The van der Waals surface area contributed by atoms with Crippen molar-refractivity contribution in [3.63, 3.8) is 0 Å². The van der Waals surface area contributed by atoms with Crippen molar-refractivity contribution in [2.45, 2.75) is 6.54 Å². The lowest BCUT2D eigenvalue weighted by molar-refractivity contribution is 0.102. The van der Waals surface area contributed by atoms with Crippen LogP contribution in [0.25, 0.3) is 0 Å². The van der Waals surface area contributed by atoms with Gasteiger partial charge in [-0.05, 0) is 29.8 Å². The van der Waals surface area contributed by atoms with Gasteiger partial charge in [-0.2, -0.15) is 0 Å². The Morgan fingerprint density at radius 2 is 1.96 bits per heavy atom. The number of nitrogens with zero attached hydrogens (tertiary/aromatic N) is 3. The van der Waals surface area contributed by atoms with E-state index in [1.807, 2.05) is 42.5 Å². The van der Waals surface area contributed by atoms with Crippen LogP contribution in [0.2, 0.25) is 0 Å². The number of nitrogen functional groups attached to an aromatic ring is 1. The highest BCUT2D eigenvalue weighted by Gasteiger charge is 2.17. The topological polar surface area (TPSA) is 85.8 Å². The molecule has 3 aromatic rings. The molecule has 0 atom stereocenters. The van der Waals surface area contributed by atoms with Crippen LogP contribution < -0.4 is 11.1 Å². The van der Waals surface area contributed by atoms with Crippen molar-refractivity contribution in [1.29, 1.82) is 0 Å². The van der Waals surface area contributed by atoms with Crippen molar-refractivity contribution in [2.24, 2.45) is 0 Å². The highest BCUT2D eigenvalue weighted by atomic mass is 79.9. The molecule has 6 nitrogen and oxygen atoms in total. The van der Waals surface area contributed by atoms with E-state index in [1.54, 1.807) is 12.1 Å². The van der Waals surface area contributed by atoms with Gasteiger partial charge in [-0.25, -0.2) is 4.68 Å². The first-order valence-electron chi connectivity index (χ1n) is 6.93. The second-order valence-electron chi connectivity index (χ2n) is 4.93. The van der Waals surface area contributed by atoms with E-state index < -0.39 is 0 Å². The van der Waals surface area contributed by atoms with E-state index in [0.717, 1.165) is 10.0 Å². The lowest BCUT2D eigenvalue weighted by atomic mass is 10.2. The van der Waals surface area contributed by atoms with Crippen LogP contribution in [0.3, 0.4) is 0 Å². The fourth-order valence-corrected chi connectivity index (χ4v) is 2.57. The van der Waals surface area contributed by atoms with Crippen molar-refractivity contribution >= 4 is 33.3 Å². The number of benzene rings is 2. The van der Waals surface area contributed by atoms with Crippen molar-refractivity contribution in [3.05, 3.63) is 70.3 Å². The second-order valence-corrected chi connectivity index (χ2v) is 5.85. The predicted molar refractivity (Wildman–Crippen MR) is 92.1 cm³/mol. The van der Waals surface area contributed by atoms with E-state index in [2.05, 4.69) is 31.6 Å². The molecule has 1 amide bonds. The fraction of sp³-hybridized carbons (Fsp3) is 0.0625. The van der Waals surface area contributed by atoms with Crippen molar-refractivity contribution in [2.75, 3.05) is 11.1 Å². The van der Waals surface area contributed by atoms with Gasteiger partial charge >= 0.3 is 0 Å². The minimum atomic E-state index is -0.380. The van der Waals surface area contributed by atoms with Gasteiger partial charge < -0.3 is 11.1 Å². The van der Waals surface area contributed by atoms with Gasteiger partial charge in [0.05, 0.1) is 6.54 Å². The fourth-order valence-electron chi connectivity index (χ4n) is 2.12. The zero-order valence-corrected chi connectivity index (χ0v) is 13.7. The Labute approximate surface area is 141 Å². The van der Waals surface area contributed by atoms with E-state index in [9.17, 15) is 4.79 Å². The molecular formula is C16H14BrN5O. The van der Waals surface area contributed by atoms with Crippen molar-refractivity contribution in [3.8, 4) is 0 Å². The highest BCUT2D eigenvalue weighted by molar-refractivity contribution is 9.10. The third-order valence-electron chi connectivity index (χ3n) is 3.24. The molecule has 0 saturated heterocycles. The van der Waals surface area contributed by atoms with Gasteiger partial charge in [-0.3, -0.25) is 4.79 Å². The summed E-state index contributed by atoms with van der Waals surface area (Å²) in [5, 5.41) is 10.6. The van der Waals surface area contributed by atoms with Crippen LogP contribution >= 0.6 is 15.9 Å². The first-order valence-corrected chi connectivity index (χ1v) is 7.72. The lowest BCUT2D eigenvalue weighted by Gasteiger charge is -2.05. The van der Waals surface area contributed by atoms with Gasteiger partial charge in [0, 0.05) is 10.2 Å². The molecule has 1 heterocycles. The maximum Gasteiger partial charge on any atom is 0.280 e. The first kappa shape index (κ1) is 15.2. The summed E-state index contributed by atoms with van der Waals surface area (Å²) >= 11 is 3.42. The third kappa shape index (κ3) is 3.57. The van der Waals surface area contributed by atoms with E-state index in [4.69, 9.17) is 5.73 Å². The summed E-state index contributed by atoms with van der Waals surface area (Å²) in [4.78, 5) is 12.2. The van der Waals surface area contributed by atoms with Gasteiger partial charge in [0.1, 0.15) is 0 Å². The number of nitrogens with one attached hydrogen (secondary N) is 1. The molecule has 1 aromatic heterocycles. The molecule has 23 heavy (non-hydrogen) atoms. The Kier molecular flexibility index (Phi) is 4.38. The average Bonchev–Trinajstić information content (AvgIpc) is 2.89. The first-order chi connectivity index (χ1) is 11.1. The number of nitrogens with two attached hydrogens (primary N) is 1. The quantitative estimate of drug-likeness (QED) is 0.738. The number of amides is 1. The molecule has 2 aromatic carbocycles. The van der Waals surface area contributed by atoms with Gasteiger partial charge in [0.2, 0.25) is 0 Å². The molecule has 0 fully saturated rings. The minimum absolute atomic E-state index is 0.115. The average molecular weight is 372 g/mol. The number of anilines is 2. The standard InChI is InChI=1S/C16H14BrN5O/c17-12-6-4-5-11(9-12)10-22-15(18)14(20-21-22)16(23)19-13-7-2-1-3-8-13/h1-9H,10,18H2,(H,19,23). The highest BCUT2D eigenvalue weighted by Crippen LogP contribution is 2.16. The summed E-state index contributed by atoms with van der Waals surface area (Å²) in [5.74, 6) is -0.146. The number of hydrogen-bond acceptors (Lipinski definition) is 4. The Bertz CT molecular complexity index is 831. The van der Waals surface area contributed by atoms with E-state index in [-0.39, 0.29) is 17.4 Å². The van der Waals surface area contributed by atoms with Crippen LogP contribution in [0.4, 0.5) is 11.5 Å². The summed E-state index contributed by atoms with van der Waals surface area (Å²) in [6.45, 7) is 0.441. The Morgan fingerprint density at radius 3 is 2.70 bits per heavy atom. The van der Waals surface area contributed by atoms with Gasteiger partial charge in [0.25, 0.3) is 5.91 Å². The number of carbonyl (C=O) groups is 1. The molecule has 3 N–H and O–H groups in total. The van der Waals surface area contributed by atoms with Crippen molar-refractivity contribution in [1.82, 2.24) is 15.0 Å². The maximum atomic E-state index is 12.2. The Balaban J connectivity index is 1.77. The van der Waals surface area contributed by atoms with E-state index >= 15 is 0 Å². The van der Waals surface area contributed by atoms with Gasteiger partial charge in [-0.1, -0.05) is 51.5 Å². The number of hydrogen-bond donors (Lipinski definition) is 2. The molecule has 0 radical (unpaired) electrons. The molecule has 0 spiro atoms. The number of para-hydroxylation sites is 1. The maximum absolute atomic E-state index is 12.2. The normalized spacial score (nSPS) is 10.5. The van der Waals surface area contributed by atoms with Crippen LogP contribution in [-0.2, 0) is 6.54 Å². The summed E-state index contributed by atoms with van der Waals surface area (Å²) in [7, 11) is 0. The monoisotopic (exact) mass is 371 g/mol. The summed E-state index contributed by atoms with van der Waals surface area (Å²) in [5.41, 5.74) is 7.81. The minimum Gasteiger partial charge on any atom is -0.382 e. The van der Waals surface area contributed by atoms with E-state index in [0.29, 0.717) is 12.2 Å². The molecule has 116 valence electrons. The molecule has 0 aliphatic heterocycles. The van der Waals surface area contributed by atoms with Crippen molar-refractivity contribution < 1.29 is 4.79 Å². The molecule has 0 saturated carbocycles. The Morgan fingerprint density at radius 1 is 1.17 bits per heavy atom. The predicted octanol–water partition coefficient (Wildman–Crippen LogP) is 2.92. The number of aromatic nitrogens is 3. The van der Waals surface area contributed by atoms with Gasteiger partial charge in [0.15, 0.2) is 11.5 Å². The molecular weight excluding hydrogens is 358 g/mol. The largest absolute Gasteiger partial charge is 0.382 e. The van der Waals surface area contributed by atoms with Crippen LogP contribution in [-0.4, -0.2) is 20.9 Å². The van der Waals surface area contributed by atoms with E-state index in [1.165, 1.54) is 4.68 Å². The summed E-state index contributed by atoms with van der Waals surface area (Å²) in [6.07, 6.45) is 0. The third-order valence-corrected chi connectivity index (χ3v) is 3.73. The Hall–Kier alpha value is -2.67. The number of carbonyl (C=O) groups excluding carboxylic acids is 1. The van der Waals surface area contributed by atoms with Crippen LogP contribution in [0.1, 0.15) is 16.1 Å². The zero-order chi connectivity index (χ0) is 16.2. The summed E-state index contributed by atoms with van der Waals surface area (Å²) in [6, 6.07) is 16.9. The number of halogens is 1. The zero-order valence-electron chi connectivity index (χ0n) is 12.1. The molecule has 0 aliphatic rings. The summed E-state index contributed by atoms with van der Waals surface area (Å²) < 4.78 is 2.47. The number of rotatable bonds is 4. The van der Waals surface area contributed by atoms with Crippen LogP contribution in [0, 0.1) is 0 Å².